The lowest BCUT2D eigenvalue weighted by atomic mass is 9.75. The number of piperidine rings is 1. The van der Waals surface area contributed by atoms with Crippen molar-refractivity contribution in [2.45, 2.75) is 25.8 Å². The Morgan fingerprint density at radius 3 is 2.62 bits per heavy atom. The molecule has 0 aromatic heterocycles. The molecule has 2 fully saturated rings. The summed E-state index contributed by atoms with van der Waals surface area (Å²) in [6, 6.07) is 0.284. The normalized spacial score (nSPS) is 34.2. The molecule has 1 atom stereocenters. The first-order valence-electron chi connectivity index (χ1n) is 5.32. The first-order chi connectivity index (χ1) is 6.27. The molecule has 0 saturated carbocycles. The van der Waals surface area contributed by atoms with Crippen molar-refractivity contribution in [2.24, 2.45) is 11.1 Å². The van der Waals surface area contributed by atoms with Gasteiger partial charge in [-0.3, -0.25) is 0 Å². The van der Waals surface area contributed by atoms with Crippen LogP contribution < -0.4 is 5.73 Å². The maximum Gasteiger partial charge on any atom is 0.0624 e. The fraction of sp³-hybridized carbons (Fsp3) is 1.00. The zero-order valence-corrected chi connectivity index (χ0v) is 8.46. The van der Waals surface area contributed by atoms with E-state index in [9.17, 15) is 0 Å². The number of hydrogen-bond donors (Lipinski definition) is 1. The summed E-state index contributed by atoms with van der Waals surface area (Å²) in [5.41, 5.74) is 6.41. The molecule has 2 heterocycles. The predicted octanol–water partition coefficient (Wildman–Crippen LogP) is 0.446. The summed E-state index contributed by atoms with van der Waals surface area (Å²) in [6.07, 6.45) is 2.45. The zero-order chi connectivity index (χ0) is 9.31. The van der Waals surface area contributed by atoms with Crippen molar-refractivity contribution in [3.05, 3.63) is 0 Å². The summed E-state index contributed by atoms with van der Waals surface area (Å²) in [7, 11) is 0. The Balaban J connectivity index is 1.95. The van der Waals surface area contributed by atoms with Gasteiger partial charge in [-0.25, -0.2) is 0 Å². The summed E-state index contributed by atoms with van der Waals surface area (Å²) in [6.45, 7) is 7.47. The Labute approximate surface area is 80.2 Å². The van der Waals surface area contributed by atoms with Crippen molar-refractivity contribution in [1.29, 1.82) is 0 Å². The lowest BCUT2D eigenvalue weighted by Crippen LogP contribution is -2.48. The van der Waals surface area contributed by atoms with Crippen LogP contribution in [0.2, 0.25) is 0 Å². The molecule has 2 aliphatic rings. The van der Waals surface area contributed by atoms with E-state index in [0.717, 1.165) is 13.2 Å². The monoisotopic (exact) mass is 184 g/mol. The van der Waals surface area contributed by atoms with Crippen molar-refractivity contribution >= 4 is 0 Å². The molecule has 0 aromatic rings. The van der Waals surface area contributed by atoms with Gasteiger partial charge in [0.25, 0.3) is 0 Å². The first kappa shape index (κ1) is 9.44. The number of ether oxygens (including phenoxy) is 1. The molecule has 2 N–H and O–H groups in total. The van der Waals surface area contributed by atoms with Crippen molar-refractivity contribution < 1.29 is 4.74 Å². The number of hydrogen-bond acceptors (Lipinski definition) is 3. The highest BCUT2D eigenvalue weighted by Crippen LogP contribution is 2.38. The van der Waals surface area contributed by atoms with Gasteiger partial charge in [0.15, 0.2) is 0 Å². The highest BCUT2D eigenvalue weighted by molar-refractivity contribution is 4.96. The maximum absolute atomic E-state index is 6.09. The topological polar surface area (TPSA) is 38.5 Å². The van der Waals surface area contributed by atoms with Crippen LogP contribution in [0.3, 0.4) is 0 Å². The number of rotatable bonds is 1. The Kier molecular flexibility index (Phi) is 2.58. The Morgan fingerprint density at radius 1 is 1.46 bits per heavy atom. The summed E-state index contributed by atoms with van der Waals surface area (Å²) in [5.74, 6) is 0. The molecule has 13 heavy (non-hydrogen) atoms. The van der Waals surface area contributed by atoms with Gasteiger partial charge in [0.2, 0.25) is 0 Å². The van der Waals surface area contributed by atoms with Crippen LogP contribution in [0.4, 0.5) is 0 Å². The molecule has 2 aliphatic heterocycles. The second-order valence-electron chi connectivity index (χ2n) is 4.42. The van der Waals surface area contributed by atoms with Crippen molar-refractivity contribution in [3.63, 3.8) is 0 Å². The molecule has 0 radical (unpaired) electrons. The molecular weight excluding hydrogens is 164 g/mol. The molecular formula is C10H20N2O. The molecule has 0 bridgehead atoms. The SMILES string of the molecule is CCN1CCC2(CC1)COC[C@@H]2N. The Bertz CT molecular complexity index is 176. The molecule has 1 spiro atoms. The van der Waals surface area contributed by atoms with Gasteiger partial charge < -0.3 is 15.4 Å². The second-order valence-corrected chi connectivity index (χ2v) is 4.42. The van der Waals surface area contributed by atoms with Crippen molar-refractivity contribution in [1.82, 2.24) is 4.90 Å². The third-order valence-corrected chi connectivity index (χ3v) is 3.77. The average Bonchev–Trinajstić information content (AvgIpc) is 2.50. The second kappa shape index (κ2) is 3.56. The van der Waals surface area contributed by atoms with E-state index >= 15 is 0 Å². The maximum atomic E-state index is 6.09. The van der Waals surface area contributed by atoms with Gasteiger partial charge in [-0.05, 0) is 32.5 Å². The number of nitrogens with zero attached hydrogens (tertiary/aromatic N) is 1. The smallest absolute Gasteiger partial charge is 0.0624 e. The zero-order valence-electron chi connectivity index (χ0n) is 8.46. The van der Waals surface area contributed by atoms with Crippen LogP contribution in [-0.2, 0) is 4.74 Å². The summed E-state index contributed by atoms with van der Waals surface area (Å²) < 4.78 is 5.48. The van der Waals surface area contributed by atoms with Crippen LogP contribution in [0.15, 0.2) is 0 Å². The van der Waals surface area contributed by atoms with E-state index < -0.39 is 0 Å². The summed E-state index contributed by atoms with van der Waals surface area (Å²) in [5, 5.41) is 0. The van der Waals surface area contributed by atoms with Gasteiger partial charge in [-0.2, -0.15) is 0 Å². The van der Waals surface area contributed by atoms with E-state index in [2.05, 4.69) is 11.8 Å². The quantitative estimate of drug-likeness (QED) is 0.643. The highest BCUT2D eigenvalue weighted by Gasteiger charge is 2.43. The third kappa shape index (κ3) is 1.60. The van der Waals surface area contributed by atoms with E-state index in [0.29, 0.717) is 5.41 Å². The molecule has 2 rings (SSSR count). The van der Waals surface area contributed by atoms with E-state index in [1.54, 1.807) is 0 Å². The predicted molar refractivity (Wildman–Crippen MR) is 52.6 cm³/mol. The number of nitrogens with two attached hydrogens (primary N) is 1. The van der Waals surface area contributed by atoms with Crippen LogP contribution in [0, 0.1) is 5.41 Å². The van der Waals surface area contributed by atoms with Gasteiger partial charge in [0.1, 0.15) is 0 Å². The summed E-state index contributed by atoms with van der Waals surface area (Å²) in [4.78, 5) is 2.50. The minimum absolute atomic E-state index is 0.284. The minimum atomic E-state index is 0.284. The molecule has 3 nitrogen and oxygen atoms in total. The fourth-order valence-electron chi connectivity index (χ4n) is 2.50. The van der Waals surface area contributed by atoms with Crippen LogP contribution in [-0.4, -0.2) is 43.8 Å². The molecule has 0 aliphatic carbocycles. The third-order valence-electron chi connectivity index (χ3n) is 3.77. The van der Waals surface area contributed by atoms with Crippen LogP contribution >= 0.6 is 0 Å². The van der Waals surface area contributed by atoms with Gasteiger partial charge in [-0.15, -0.1) is 0 Å². The standard InChI is InChI=1S/C10H20N2O/c1-2-12-5-3-10(4-6-12)8-13-7-9(10)11/h9H,2-8,11H2,1H3/t9-/m0/s1. The van der Waals surface area contributed by atoms with Crippen LogP contribution in [0.1, 0.15) is 19.8 Å². The lowest BCUT2D eigenvalue weighted by molar-refractivity contribution is 0.0783. The van der Waals surface area contributed by atoms with Crippen LogP contribution in [0.5, 0.6) is 0 Å². The van der Waals surface area contributed by atoms with Gasteiger partial charge in [-0.1, -0.05) is 6.92 Å². The largest absolute Gasteiger partial charge is 0.379 e. The highest BCUT2D eigenvalue weighted by atomic mass is 16.5. The molecule has 0 aromatic carbocycles. The minimum Gasteiger partial charge on any atom is -0.379 e. The van der Waals surface area contributed by atoms with E-state index in [4.69, 9.17) is 10.5 Å². The molecule has 76 valence electrons. The summed E-state index contributed by atoms with van der Waals surface area (Å²) >= 11 is 0. The Hall–Kier alpha value is -0.120. The van der Waals surface area contributed by atoms with Gasteiger partial charge in [0, 0.05) is 11.5 Å². The molecule has 0 unspecified atom stereocenters. The first-order valence-corrected chi connectivity index (χ1v) is 5.32. The van der Waals surface area contributed by atoms with Crippen molar-refractivity contribution in [3.8, 4) is 0 Å². The lowest BCUT2D eigenvalue weighted by Gasteiger charge is -2.40. The van der Waals surface area contributed by atoms with E-state index in [-0.39, 0.29) is 6.04 Å². The van der Waals surface area contributed by atoms with E-state index in [1.807, 2.05) is 0 Å². The molecule has 2 saturated heterocycles. The molecule has 0 amide bonds. The van der Waals surface area contributed by atoms with Gasteiger partial charge >= 0.3 is 0 Å². The van der Waals surface area contributed by atoms with Crippen molar-refractivity contribution in [2.75, 3.05) is 32.8 Å². The van der Waals surface area contributed by atoms with E-state index in [1.165, 1.54) is 32.5 Å². The van der Waals surface area contributed by atoms with Crippen LogP contribution in [0.25, 0.3) is 0 Å². The Morgan fingerprint density at radius 2 is 2.15 bits per heavy atom. The van der Waals surface area contributed by atoms with Gasteiger partial charge in [0.05, 0.1) is 13.2 Å². The average molecular weight is 184 g/mol. The fourth-order valence-corrected chi connectivity index (χ4v) is 2.50. The molecule has 3 heteroatoms. The number of likely N-dealkylation sites (tertiary alicyclic amines) is 1.